The van der Waals surface area contributed by atoms with Gasteiger partial charge in [-0.25, -0.2) is 0 Å². The maximum atomic E-state index is 3.90. The molecule has 20 heavy (non-hydrogen) atoms. The molecule has 1 aliphatic rings. The molecule has 0 saturated carbocycles. The molecule has 0 amide bonds. The maximum Gasteiger partial charge on any atom is 0.0416 e. The standard InChI is InChI=1S/C19H21N/c1-2-14-20(18-10-4-3-5-11-18)19-13-12-16-8-6-7-9-17(16)15-19/h2-5,10-13,15H,1,6-9,14H2. The third-order valence-corrected chi connectivity index (χ3v) is 4.02. The zero-order valence-electron chi connectivity index (χ0n) is 11.9. The summed E-state index contributed by atoms with van der Waals surface area (Å²) in [6.07, 6.45) is 7.08. The second-order valence-electron chi connectivity index (χ2n) is 5.39. The zero-order valence-corrected chi connectivity index (χ0v) is 11.9. The van der Waals surface area contributed by atoms with Crippen molar-refractivity contribution in [3.8, 4) is 0 Å². The number of fused-ring (bicyclic) bond motifs is 1. The van der Waals surface area contributed by atoms with Crippen molar-refractivity contribution < 1.29 is 0 Å². The Morgan fingerprint density at radius 2 is 1.65 bits per heavy atom. The van der Waals surface area contributed by atoms with Crippen LogP contribution >= 0.6 is 0 Å². The van der Waals surface area contributed by atoms with E-state index in [1.807, 2.05) is 6.08 Å². The van der Waals surface area contributed by atoms with Gasteiger partial charge in [0.25, 0.3) is 0 Å². The van der Waals surface area contributed by atoms with Gasteiger partial charge in [0.2, 0.25) is 0 Å². The Kier molecular flexibility index (Phi) is 3.87. The molecule has 0 atom stereocenters. The van der Waals surface area contributed by atoms with E-state index in [0.717, 1.165) is 6.54 Å². The number of para-hydroxylation sites is 1. The minimum Gasteiger partial charge on any atom is -0.338 e. The number of rotatable bonds is 4. The van der Waals surface area contributed by atoms with Gasteiger partial charge < -0.3 is 4.90 Å². The van der Waals surface area contributed by atoms with E-state index >= 15 is 0 Å². The summed E-state index contributed by atoms with van der Waals surface area (Å²) in [6, 6.07) is 17.5. The summed E-state index contributed by atoms with van der Waals surface area (Å²) in [5.41, 5.74) is 5.56. The van der Waals surface area contributed by atoms with E-state index in [-0.39, 0.29) is 0 Å². The first-order chi connectivity index (χ1) is 9.88. The third-order valence-electron chi connectivity index (χ3n) is 4.02. The first kappa shape index (κ1) is 13.0. The molecule has 102 valence electrons. The van der Waals surface area contributed by atoms with Crippen molar-refractivity contribution in [1.29, 1.82) is 0 Å². The predicted octanol–water partition coefficient (Wildman–Crippen LogP) is 4.89. The third kappa shape index (κ3) is 2.62. The van der Waals surface area contributed by atoms with E-state index in [0.29, 0.717) is 0 Å². The van der Waals surface area contributed by atoms with E-state index in [4.69, 9.17) is 0 Å². The highest BCUT2D eigenvalue weighted by Gasteiger charge is 2.13. The van der Waals surface area contributed by atoms with Crippen LogP contribution in [0.15, 0.2) is 61.2 Å². The molecule has 2 aromatic rings. The SMILES string of the molecule is C=CCN(c1ccccc1)c1ccc2c(c1)CCCC2. The van der Waals surface area contributed by atoms with Crippen molar-refractivity contribution in [2.45, 2.75) is 25.7 Å². The van der Waals surface area contributed by atoms with Crippen molar-refractivity contribution in [3.63, 3.8) is 0 Å². The molecule has 0 saturated heterocycles. The van der Waals surface area contributed by atoms with E-state index in [2.05, 4.69) is 60.0 Å². The van der Waals surface area contributed by atoms with Crippen LogP contribution in [0.3, 0.4) is 0 Å². The molecular weight excluding hydrogens is 242 g/mol. The molecule has 0 unspecified atom stereocenters. The van der Waals surface area contributed by atoms with E-state index in [1.165, 1.54) is 48.2 Å². The number of aryl methyl sites for hydroxylation is 2. The maximum absolute atomic E-state index is 3.90. The average molecular weight is 263 g/mol. The normalized spacial score (nSPS) is 13.6. The Bertz CT molecular complexity index is 586. The van der Waals surface area contributed by atoms with Gasteiger partial charge in [0.05, 0.1) is 0 Å². The summed E-state index contributed by atoms with van der Waals surface area (Å²) in [6.45, 7) is 4.73. The molecular formula is C19H21N. The van der Waals surface area contributed by atoms with Gasteiger partial charge in [0.1, 0.15) is 0 Å². The van der Waals surface area contributed by atoms with Crippen LogP contribution in [0.1, 0.15) is 24.0 Å². The summed E-state index contributed by atoms with van der Waals surface area (Å²) in [4.78, 5) is 2.32. The minimum absolute atomic E-state index is 0.836. The Hall–Kier alpha value is -2.02. The van der Waals surface area contributed by atoms with Gasteiger partial charge in [-0.3, -0.25) is 0 Å². The summed E-state index contributed by atoms with van der Waals surface area (Å²) in [7, 11) is 0. The molecule has 0 aliphatic heterocycles. The Morgan fingerprint density at radius 3 is 2.40 bits per heavy atom. The number of anilines is 2. The van der Waals surface area contributed by atoms with Gasteiger partial charge in [0, 0.05) is 17.9 Å². The van der Waals surface area contributed by atoms with Crippen molar-refractivity contribution >= 4 is 11.4 Å². The first-order valence-corrected chi connectivity index (χ1v) is 7.44. The summed E-state index contributed by atoms with van der Waals surface area (Å²) < 4.78 is 0. The average Bonchev–Trinajstić information content (AvgIpc) is 2.53. The molecule has 0 fully saturated rings. The quantitative estimate of drug-likeness (QED) is 0.710. The lowest BCUT2D eigenvalue weighted by atomic mass is 9.91. The second-order valence-corrected chi connectivity index (χ2v) is 5.39. The molecule has 0 spiro atoms. The molecule has 1 nitrogen and oxygen atoms in total. The topological polar surface area (TPSA) is 3.24 Å². The fourth-order valence-corrected chi connectivity index (χ4v) is 2.98. The van der Waals surface area contributed by atoms with Crippen LogP contribution in [-0.2, 0) is 12.8 Å². The molecule has 1 aliphatic carbocycles. The van der Waals surface area contributed by atoms with Gasteiger partial charge in [-0.2, -0.15) is 0 Å². The number of hydrogen-bond donors (Lipinski definition) is 0. The lowest BCUT2D eigenvalue weighted by Gasteiger charge is -2.26. The molecule has 0 N–H and O–H groups in total. The predicted molar refractivity (Wildman–Crippen MR) is 86.7 cm³/mol. The van der Waals surface area contributed by atoms with Crippen molar-refractivity contribution in [2.75, 3.05) is 11.4 Å². The minimum atomic E-state index is 0.836. The highest BCUT2D eigenvalue weighted by Crippen LogP contribution is 2.30. The van der Waals surface area contributed by atoms with Gasteiger partial charge in [0.15, 0.2) is 0 Å². The molecule has 0 bridgehead atoms. The Morgan fingerprint density at radius 1 is 0.900 bits per heavy atom. The summed E-state index contributed by atoms with van der Waals surface area (Å²) in [5.74, 6) is 0. The second kappa shape index (κ2) is 5.96. The van der Waals surface area contributed by atoms with Crippen molar-refractivity contribution in [2.24, 2.45) is 0 Å². The summed E-state index contributed by atoms with van der Waals surface area (Å²) >= 11 is 0. The lowest BCUT2D eigenvalue weighted by molar-refractivity contribution is 0.685. The van der Waals surface area contributed by atoms with E-state index in [1.54, 1.807) is 0 Å². The largest absolute Gasteiger partial charge is 0.338 e. The van der Waals surface area contributed by atoms with Crippen LogP contribution in [-0.4, -0.2) is 6.54 Å². The van der Waals surface area contributed by atoms with Crippen LogP contribution in [0.25, 0.3) is 0 Å². The zero-order chi connectivity index (χ0) is 13.8. The highest BCUT2D eigenvalue weighted by molar-refractivity contribution is 5.65. The van der Waals surface area contributed by atoms with E-state index < -0.39 is 0 Å². The van der Waals surface area contributed by atoms with Gasteiger partial charge in [-0.15, -0.1) is 6.58 Å². The Labute approximate surface area is 121 Å². The number of hydrogen-bond acceptors (Lipinski definition) is 1. The van der Waals surface area contributed by atoms with Crippen LogP contribution in [0.5, 0.6) is 0 Å². The van der Waals surface area contributed by atoms with Gasteiger partial charge >= 0.3 is 0 Å². The lowest BCUT2D eigenvalue weighted by Crippen LogP contribution is -2.17. The van der Waals surface area contributed by atoms with Crippen molar-refractivity contribution in [3.05, 3.63) is 72.3 Å². The smallest absolute Gasteiger partial charge is 0.0416 e. The monoisotopic (exact) mass is 263 g/mol. The highest BCUT2D eigenvalue weighted by atomic mass is 15.1. The first-order valence-electron chi connectivity index (χ1n) is 7.44. The van der Waals surface area contributed by atoms with Crippen LogP contribution < -0.4 is 4.90 Å². The molecule has 0 radical (unpaired) electrons. The van der Waals surface area contributed by atoms with Crippen LogP contribution in [0, 0.1) is 0 Å². The molecule has 2 aromatic carbocycles. The summed E-state index contributed by atoms with van der Waals surface area (Å²) in [5, 5.41) is 0. The van der Waals surface area contributed by atoms with Crippen molar-refractivity contribution in [1.82, 2.24) is 0 Å². The molecule has 0 aromatic heterocycles. The van der Waals surface area contributed by atoms with Crippen LogP contribution in [0.4, 0.5) is 11.4 Å². The molecule has 3 rings (SSSR count). The van der Waals surface area contributed by atoms with E-state index in [9.17, 15) is 0 Å². The fourth-order valence-electron chi connectivity index (χ4n) is 2.98. The number of nitrogens with zero attached hydrogens (tertiary/aromatic N) is 1. The van der Waals surface area contributed by atoms with Gasteiger partial charge in [-0.1, -0.05) is 30.3 Å². The number of benzene rings is 2. The molecule has 1 heteroatoms. The van der Waals surface area contributed by atoms with Gasteiger partial charge in [-0.05, 0) is 61.1 Å². The van der Waals surface area contributed by atoms with Crippen LogP contribution in [0.2, 0.25) is 0 Å². The fraction of sp³-hybridized carbons (Fsp3) is 0.263. The Balaban J connectivity index is 1.97. The molecule has 0 heterocycles.